The normalized spacial score (nSPS) is 18.6. The number of piperazine rings is 1. The van der Waals surface area contributed by atoms with E-state index in [1.807, 2.05) is 0 Å². The lowest BCUT2D eigenvalue weighted by Crippen LogP contribution is -2.44. The summed E-state index contributed by atoms with van der Waals surface area (Å²) in [4.78, 5) is 9.45. The zero-order valence-corrected chi connectivity index (χ0v) is 12.6. The van der Waals surface area contributed by atoms with Crippen molar-refractivity contribution in [3.8, 4) is 0 Å². The van der Waals surface area contributed by atoms with Crippen LogP contribution in [0, 0.1) is 0 Å². The standard InChI is InChI=1S/C16H27N3/c1-4-6-14(5-2)15-7-8-16(17-13-15)19-11-9-18(3)10-12-19/h7-8,13-14H,4-6,9-12H2,1-3H3. The highest BCUT2D eigenvalue weighted by atomic mass is 15.3. The molecule has 1 aliphatic rings. The van der Waals surface area contributed by atoms with Crippen LogP contribution in [0.5, 0.6) is 0 Å². The predicted molar refractivity (Wildman–Crippen MR) is 81.9 cm³/mol. The van der Waals surface area contributed by atoms with Crippen LogP contribution in [0.2, 0.25) is 0 Å². The monoisotopic (exact) mass is 261 g/mol. The zero-order chi connectivity index (χ0) is 13.7. The van der Waals surface area contributed by atoms with E-state index in [0.717, 1.165) is 32.0 Å². The van der Waals surface area contributed by atoms with E-state index in [2.05, 4.69) is 54.0 Å². The Kier molecular flexibility index (Phi) is 5.20. The van der Waals surface area contributed by atoms with Crippen molar-refractivity contribution < 1.29 is 0 Å². The minimum Gasteiger partial charge on any atom is -0.354 e. The number of anilines is 1. The van der Waals surface area contributed by atoms with Crippen LogP contribution < -0.4 is 4.90 Å². The van der Waals surface area contributed by atoms with Crippen molar-refractivity contribution in [2.75, 3.05) is 38.1 Å². The zero-order valence-electron chi connectivity index (χ0n) is 12.6. The maximum absolute atomic E-state index is 4.69. The van der Waals surface area contributed by atoms with E-state index in [9.17, 15) is 0 Å². The highest BCUT2D eigenvalue weighted by Crippen LogP contribution is 2.25. The second kappa shape index (κ2) is 6.90. The average Bonchev–Trinajstić information content (AvgIpc) is 2.46. The van der Waals surface area contributed by atoms with E-state index < -0.39 is 0 Å². The lowest BCUT2D eigenvalue weighted by molar-refractivity contribution is 0.312. The summed E-state index contributed by atoms with van der Waals surface area (Å²) in [5.41, 5.74) is 1.40. The van der Waals surface area contributed by atoms with Crippen LogP contribution in [0.3, 0.4) is 0 Å². The van der Waals surface area contributed by atoms with Gasteiger partial charge in [0, 0.05) is 32.4 Å². The molecule has 1 aliphatic heterocycles. The summed E-state index contributed by atoms with van der Waals surface area (Å²) in [6.07, 6.45) is 5.83. The third kappa shape index (κ3) is 3.69. The molecule has 0 aromatic carbocycles. The Morgan fingerprint density at radius 1 is 1.16 bits per heavy atom. The molecular weight excluding hydrogens is 234 g/mol. The van der Waals surface area contributed by atoms with Crippen LogP contribution in [0.25, 0.3) is 0 Å². The predicted octanol–water partition coefficient (Wildman–Crippen LogP) is 3.13. The molecular formula is C16H27N3. The Labute approximate surface area is 117 Å². The maximum atomic E-state index is 4.69. The Morgan fingerprint density at radius 3 is 2.42 bits per heavy atom. The SMILES string of the molecule is CCCC(CC)c1ccc(N2CCN(C)CC2)nc1. The van der Waals surface area contributed by atoms with Crippen molar-refractivity contribution in [2.24, 2.45) is 0 Å². The molecule has 0 N–H and O–H groups in total. The van der Waals surface area contributed by atoms with Gasteiger partial charge in [-0.05, 0) is 37.4 Å². The van der Waals surface area contributed by atoms with Gasteiger partial charge in [-0.1, -0.05) is 26.3 Å². The second-order valence-corrected chi connectivity index (χ2v) is 5.63. The molecule has 1 saturated heterocycles. The fourth-order valence-corrected chi connectivity index (χ4v) is 2.82. The largest absolute Gasteiger partial charge is 0.354 e. The minimum absolute atomic E-state index is 0.680. The molecule has 0 saturated carbocycles. The van der Waals surface area contributed by atoms with Crippen LogP contribution >= 0.6 is 0 Å². The molecule has 2 heterocycles. The smallest absolute Gasteiger partial charge is 0.128 e. The first-order valence-corrected chi connectivity index (χ1v) is 7.64. The average molecular weight is 261 g/mol. The molecule has 0 amide bonds. The fourth-order valence-electron chi connectivity index (χ4n) is 2.82. The van der Waals surface area contributed by atoms with Gasteiger partial charge in [0.25, 0.3) is 0 Å². The van der Waals surface area contributed by atoms with E-state index in [0.29, 0.717) is 5.92 Å². The van der Waals surface area contributed by atoms with Gasteiger partial charge in [0.2, 0.25) is 0 Å². The van der Waals surface area contributed by atoms with Gasteiger partial charge < -0.3 is 9.80 Å². The quantitative estimate of drug-likeness (QED) is 0.812. The number of likely N-dealkylation sites (N-methyl/N-ethyl adjacent to an activating group) is 1. The van der Waals surface area contributed by atoms with Crippen LogP contribution in [-0.4, -0.2) is 43.1 Å². The summed E-state index contributed by atoms with van der Waals surface area (Å²) in [6, 6.07) is 4.49. The molecule has 0 radical (unpaired) electrons. The third-order valence-electron chi connectivity index (χ3n) is 4.20. The number of pyridine rings is 1. The molecule has 106 valence electrons. The van der Waals surface area contributed by atoms with E-state index in [4.69, 9.17) is 0 Å². The second-order valence-electron chi connectivity index (χ2n) is 5.63. The van der Waals surface area contributed by atoms with Gasteiger partial charge in [-0.15, -0.1) is 0 Å². The highest BCUT2D eigenvalue weighted by Gasteiger charge is 2.15. The highest BCUT2D eigenvalue weighted by molar-refractivity contribution is 5.40. The number of hydrogen-bond acceptors (Lipinski definition) is 3. The topological polar surface area (TPSA) is 19.4 Å². The van der Waals surface area contributed by atoms with Crippen LogP contribution in [0.15, 0.2) is 18.3 Å². The Hall–Kier alpha value is -1.09. The van der Waals surface area contributed by atoms with Gasteiger partial charge in [-0.3, -0.25) is 0 Å². The molecule has 1 fully saturated rings. The van der Waals surface area contributed by atoms with E-state index in [-0.39, 0.29) is 0 Å². The van der Waals surface area contributed by atoms with Gasteiger partial charge in [0.15, 0.2) is 0 Å². The van der Waals surface area contributed by atoms with Crippen molar-refractivity contribution >= 4 is 5.82 Å². The summed E-state index contributed by atoms with van der Waals surface area (Å²) in [7, 11) is 2.18. The first-order chi connectivity index (χ1) is 9.24. The first-order valence-electron chi connectivity index (χ1n) is 7.64. The number of rotatable bonds is 5. The number of aromatic nitrogens is 1. The fraction of sp³-hybridized carbons (Fsp3) is 0.688. The van der Waals surface area contributed by atoms with Crippen LogP contribution in [0.4, 0.5) is 5.82 Å². The van der Waals surface area contributed by atoms with Crippen molar-refractivity contribution in [1.29, 1.82) is 0 Å². The molecule has 3 nitrogen and oxygen atoms in total. The molecule has 1 aromatic heterocycles. The van der Waals surface area contributed by atoms with Gasteiger partial charge >= 0.3 is 0 Å². The van der Waals surface area contributed by atoms with Crippen LogP contribution in [-0.2, 0) is 0 Å². The summed E-state index contributed by atoms with van der Waals surface area (Å²) in [5, 5.41) is 0. The lowest BCUT2D eigenvalue weighted by atomic mass is 9.93. The Balaban J connectivity index is 2.01. The van der Waals surface area contributed by atoms with Crippen molar-refractivity contribution in [3.05, 3.63) is 23.9 Å². The van der Waals surface area contributed by atoms with Gasteiger partial charge in [-0.25, -0.2) is 4.98 Å². The van der Waals surface area contributed by atoms with Gasteiger partial charge in [-0.2, -0.15) is 0 Å². The van der Waals surface area contributed by atoms with Gasteiger partial charge in [0.1, 0.15) is 5.82 Å². The van der Waals surface area contributed by atoms with Crippen molar-refractivity contribution in [3.63, 3.8) is 0 Å². The molecule has 2 rings (SSSR count). The molecule has 1 atom stereocenters. The summed E-state index contributed by atoms with van der Waals surface area (Å²) < 4.78 is 0. The molecule has 0 bridgehead atoms. The van der Waals surface area contributed by atoms with E-state index in [1.165, 1.54) is 24.8 Å². The van der Waals surface area contributed by atoms with E-state index in [1.54, 1.807) is 0 Å². The molecule has 19 heavy (non-hydrogen) atoms. The maximum Gasteiger partial charge on any atom is 0.128 e. The molecule has 1 unspecified atom stereocenters. The van der Waals surface area contributed by atoms with Crippen molar-refractivity contribution in [1.82, 2.24) is 9.88 Å². The summed E-state index contributed by atoms with van der Waals surface area (Å²) >= 11 is 0. The van der Waals surface area contributed by atoms with Crippen LogP contribution in [0.1, 0.15) is 44.6 Å². The van der Waals surface area contributed by atoms with E-state index >= 15 is 0 Å². The molecule has 0 aliphatic carbocycles. The lowest BCUT2D eigenvalue weighted by Gasteiger charge is -2.33. The van der Waals surface area contributed by atoms with Crippen molar-refractivity contribution in [2.45, 2.75) is 39.0 Å². The molecule has 0 spiro atoms. The third-order valence-corrected chi connectivity index (χ3v) is 4.20. The Bertz CT molecular complexity index is 366. The summed E-state index contributed by atoms with van der Waals surface area (Å²) in [5.74, 6) is 1.82. The summed E-state index contributed by atoms with van der Waals surface area (Å²) in [6.45, 7) is 8.99. The molecule has 1 aromatic rings. The number of nitrogens with zero attached hydrogens (tertiary/aromatic N) is 3. The molecule has 3 heteroatoms. The Morgan fingerprint density at radius 2 is 1.89 bits per heavy atom. The number of hydrogen-bond donors (Lipinski definition) is 0. The minimum atomic E-state index is 0.680. The first kappa shape index (κ1) is 14.3. The van der Waals surface area contributed by atoms with Gasteiger partial charge in [0.05, 0.1) is 0 Å².